The largest absolute Gasteiger partial charge is 0.288 e. The molecule has 2 aromatic carbocycles. The lowest BCUT2D eigenvalue weighted by atomic mass is 9.97. The minimum atomic E-state index is -0.493. The van der Waals surface area contributed by atoms with Gasteiger partial charge in [0.1, 0.15) is 5.82 Å². The Bertz CT molecular complexity index is 635. The molecule has 104 valence electrons. The molecule has 0 aliphatic carbocycles. The predicted molar refractivity (Wildman–Crippen MR) is 82.5 cm³/mol. The van der Waals surface area contributed by atoms with Gasteiger partial charge in [-0.3, -0.25) is 4.79 Å². The smallest absolute Gasteiger partial charge is 0.196 e. The molecule has 0 spiro atoms. The van der Waals surface area contributed by atoms with Gasteiger partial charge in [-0.25, -0.2) is 4.39 Å². The van der Waals surface area contributed by atoms with E-state index < -0.39 is 5.82 Å². The van der Waals surface area contributed by atoms with Crippen molar-refractivity contribution >= 4 is 21.7 Å². The van der Waals surface area contributed by atoms with Crippen molar-refractivity contribution in [3.8, 4) is 0 Å². The molecule has 0 aromatic heterocycles. The average molecular weight is 335 g/mol. The normalized spacial score (nSPS) is 10.8. The first-order chi connectivity index (χ1) is 9.47. The lowest BCUT2D eigenvalue weighted by molar-refractivity contribution is 0.103. The predicted octanol–water partition coefficient (Wildman–Crippen LogP) is 5.02. The Kier molecular flexibility index (Phi) is 4.71. The van der Waals surface area contributed by atoms with E-state index in [0.29, 0.717) is 16.0 Å². The number of carbonyl (C=O) groups is 1. The summed E-state index contributed by atoms with van der Waals surface area (Å²) in [6.07, 6.45) is 0.905. The lowest BCUT2D eigenvalue weighted by Gasteiger charge is -2.08. The Labute approximate surface area is 127 Å². The summed E-state index contributed by atoms with van der Waals surface area (Å²) in [6, 6.07) is 11.8. The van der Waals surface area contributed by atoms with Gasteiger partial charge in [0, 0.05) is 10.0 Å². The zero-order valence-corrected chi connectivity index (χ0v) is 13.1. The van der Waals surface area contributed by atoms with Crippen molar-refractivity contribution in [3.05, 3.63) is 69.4 Å². The molecule has 0 saturated carbocycles. The van der Waals surface area contributed by atoms with Crippen molar-refractivity contribution in [1.82, 2.24) is 0 Å². The van der Waals surface area contributed by atoms with Crippen LogP contribution in [0.1, 0.15) is 35.3 Å². The maximum Gasteiger partial charge on any atom is 0.196 e. The summed E-state index contributed by atoms with van der Waals surface area (Å²) in [6.45, 7) is 4.25. The van der Waals surface area contributed by atoms with Crippen LogP contribution < -0.4 is 0 Å². The van der Waals surface area contributed by atoms with Gasteiger partial charge in [-0.1, -0.05) is 48.0 Å². The SMILES string of the molecule is CC(C)Cc1cccc(C(=O)c2cc(Br)ccc2F)c1. The van der Waals surface area contributed by atoms with Gasteiger partial charge in [0.25, 0.3) is 0 Å². The number of hydrogen-bond acceptors (Lipinski definition) is 1. The summed E-state index contributed by atoms with van der Waals surface area (Å²) in [7, 11) is 0. The van der Waals surface area contributed by atoms with Crippen molar-refractivity contribution in [2.45, 2.75) is 20.3 Å². The number of hydrogen-bond donors (Lipinski definition) is 0. The number of ketones is 1. The fourth-order valence-electron chi connectivity index (χ4n) is 2.14. The number of benzene rings is 2. The summed E-state index contributed by atoms with van der Waals surface area (Å²) in [5, 5.41) is 0. The van der Waals surface area contributed by atoms with E-state index in [0.717, 1.165) is 12.0 Å². The van der Waals surface area contributed by atoms with Gasteiger partial charge >= 0.3 is 0 Å². The molecular formula is C17H16BrFO. The molecule has 1 nitrogen and oxygen atoms in total. The zero-order valence-electron chi connectivity index (χ0n) is 11.5. The van der Waals surface area contributed by atoms with E-state index in [1.54, 1.807) is 12.1 Å². The Balaban J connectivity index is 2.35. The van der Waals surface area contributed by atoms with Crippen molar-refractivity contribution in [3.63, 3.8) is 0 Å². The summed E-state index contributed by atoms with van der Waals surface area (Å²) < 4.78 is 14.5. The second-order valence-electron chi connectivity index (χ2n) is 5.25. The van der Waals surface area contributed by atoms with Crippen LogP contribution in [0.25, 0.3) is 0 Å². The van der Waals surface area contributed by atoms with Gasteiger partial charge in [0.15, 0.2) is 5.78 Å². The van der Waals surface area contributed by atoms with Crippen LogP contribution in [-0.2, 0) is 6.42 Å². The molecule has 0 amide bonds. The maximum absolute atomic E-state index is 13.8. The first-order valence-electron chi connectivity index (χ1n) is 6.56. The van der Waals surface area contributed by atoms with Gasteiger partial charge in [-0.15, -0.1) is 0 Å². The topological polar surface area (TPSA) is 17.1 Å². The van der Waals surface area contributed by atoms with Crippen LogP contribution in [0.15, 0.2) is 46.9 Å². The maximum atomic E-state index is 13.8. The van der Waals surface area contributed by atoms with Crippen LogP contribution >= 0.6 is 15.9 Å². The van der Waals surface area contributed by atoms with E-state index in [2.05, 4.69) is 29.8 Å². The number of halogens is 2. The zero-order chi connectivity index (χ0) is 14.7. The van der Waals surface area contributed by atoms with Crippen molar-refractivity contribution in [1.29, 1.82) is 0 Å². The van der Waals surface area contributed by atoms with Crippen LogP contribution in [-0.4, -0.2) is 5.78 Å². The Morgan fingerprint density at radius 3 is 2.65 bits per heavy atom. The minimum Gasteiger partial charge on any atom is -0.288 e. The van der Waals surface area contributed by atoms with E-state index >= 15 is 0 Å². The van der Waals surface area contributed by atoms with E-state index in [-0.39, 0.29) is 11.3 Å². The van der Waals surface area contributed by atoms with Gasteiger partial charge in [-0.05, 0) is 42.2 Å². The summed E-state index contributed by atoms with van der Waals surface area (Å²) in [5.41, 5.74) is 1.72. The summed E-state index contributed by atoms with van der Waals surface area (Å²) in [5.74, 6) is -0.259. The van der Waals surface area contributed by atoms with Crippen LogP contribution in [0, 0.1) is 11.7 Å². The highest BCUT2D eigenvalue weighted by Gasteiger charge is 2.15. The fraction of sp³-hybridized carbons (Fsp3) is 0.235. The first-order valence-corrected chi connectivity index (χ1v) is 7.35. The molecule has 0 atom stereocenters. The molecule has 0 heterocycles. The van der Waals surface area contributed by atoms with Crippen molar-refractivity contribution < 1.29 is 9.18 Å². The average Bonchev–Trinajstić information content (AvgIpc) is 2.40. The van der Waals surface area contributed by atoms with Crippen LogP contribution in [0.3, 0.4) is 0 Å². The van der Waals surface area contributed by atoms with Crippen molar-refractivity contribution in [2.75, 3.05) is 0 Å². The molecule has 0 saturated heterocycles. The molecule has 0 unspecified atom stereocenters. The van der Waals surface area contributed by atoms with Gasteiger partial charge in [0.2, 0.25) is 0 Å². The van der Waals surface area contributed by atoms with E-state index in [9.17, 15) is 9.18 Å². The van der Waals surface area contributed by atoms with E-state index in [4.69, 9.17) is 0 Å². The van der Waals surface area contributed by atoms with E-state index in [1.165, 1.54) is 12.1 Å². The van der Waals surface area contributed by atoms with Gasteiger partial charge in [0.05, 0.1) is 5.56 Å². The molecule has 20 heavy (non-hydrogen) atoms. The molecule has 0 bridgehead atoms. The van der Waals surface area contributed by atoms with Crippen LogP contribution in [0.4, 0.5) is 4.39 Å². The highest BCUT2D eigenvalue weighted by Crippen LogP contribution is 2.20. The molecule has 0 radical (unpaired) electrons. The third kappa shape index (κ3) is 3.54. The lowest BCUT2D eigenvalue weighted by Crippen LogP contribution is -2.05. The Morgan fingerprint density at radius 1 is 1.20 bits per heavy atom. The summed E-state index contributed by atoms with van der Waals surface area (Å²) >= 11 is 3.27. The van der Waals surface area contributed by atoms with Gasteiger partial charge in [-0.2, -0.15) is 0 Å². The third-order valence-electron chi connectivity index (χ3n) is 3.01. The monoisotopic (exact) mass is 334 g/mol. The van der Waals surface area contributed by atoms with E-state index in [1.807, 2.05) is 18.2 Å². The Morgan fingerprint density at radius 2 is 1.95 bits per heavy atom. The molecule has 0 aliphatic rings. The standard InChI is InChI=1S/C17H16BrFO/c1-11(2)8-12-4-3-5-13(9-12)17(20)15-10-14(18)6-7-16(15)19/h3-7,9-11H,8H2,1-2H3. The highest BCUT2D eigenvalue weighted by molar-refractivity contribution is 9.10. The molecule has 3 heteroatoms. The van der Waals surface area contributed by atoms with Gasteiger partial charge < -0.3 is 0 Å². The highest BCUT2D eigenvalue weighted by atomic mass is 79.9. The van der Waals surface area contributed by atoms with Crippen LogP contribution in [0.2, 0.25) is 0 Å². The molecule has 2 rings (SSSR count). The first kappa shape index (κ1) is 14.9. The molecule has 0 N–H and O–H groups in total. The molecule has 0 aliphatic heterocycles. The quantitative estimate of drug-likeness (QED) is 0.717. The molecule has 2 aromatic rings. The number of rotatable bonds is 4. The second-order valence-corrected chi connectivity index (χ2v) is 6.17. The second kappa shape index (κ2) is 6.31. The van der Waals surface area contributed by atoms with Crippen molar-refractivity contribution in [2.24, 2.45) is 5.92 Å². The minimum absolute atomic E-state index is 0.0982. The molecule has 0 fully saturated rings. The van der Waals surface area contributed by atoms with Crippen LogP contribution in [0.5, 0.6) is 0 Å². The Hall–Kier alpha value is -1.48. The third-order valence-corrected chi connectivity index (χ3v) is 3.50. The fourth-order valence-corrected chi connectivity index (χ4v) is 2.50. The number of carbonyl (C=O) groups excluding carboxylic acids is 1. The molecular weight excluding hydrogens is 319 g/mol. The summed E-state index contributed by atoms with van der Waals surface area (Å²) in [4.78, 5) is 12.4.